The molecule has 1 aromatic carbocycles. The van der Waals surface area contributed by atoms with Crippen molar-refractivity contribution in [3.05, 3.63) is 56.8 Å². The van der Waals surface area contributed by atoms with E-state index in [9.17, 15) is 0 Å². The van der Waals surface area contributed by atoms with E-state index in [0.29, 0.717) is 5.92 Å². The molecule has 1 aromatic heterocycles. The molecule has 1 aliphatic rings. The van der Waals surface area contributed by atoms with Crippen molar-refractivity contribution in [1.82, 2.24) is 0 Å². The number of halogens is 1. The van der Waals surface area contributed by atoms with E-state index in [2.05, 4.69) is 44.2 Å². The standard InChI is InChI=1S/C15H15ClS/c1-9-7-13(10(2)17-9)15(16)14-8-11-5-3-4-6-12(11)14/h3-7,14-15H,8H2,1-2H3. The molecule has 17 heavy (non-hydrogen) atoms. The van der Waals surface area contributed by atoms with Crippen LogP contribution >= 0.6 is 22.9 Å². The predicted octanol–water partition coefficient (Wildman–Crippen LogP) is 4.98. The highest BCUT2D eigenvalue weighted by atomic mass is 35.5. The van der Waals surface area contributed by atoms with Crippen LogP contribution in [0.4, 0.5) is 0 Å². The molecule has 0 bridgehead atoms. The molecule has 2 atom stereocenters. The zero-order valence-electron chi connectivity index (χ0n) is 10.0. The Bertz CT molecular complexity index is 556. The molecule has 0 radical (unpaired) electrons. The number of rotatable bonds is 2. The highest BCUT2D eigenvalue weighted by molar-refractivity contribution is 7.12. The van der Waals surface area contributed by atoms with Crippen LogP contribution in [0.2, 0.25) is 0 Å². The van der Waals surface area contributed by atoms with E-state index in [1.807, 2.05) is 11.3 Å². The molecular weight excluding hydrogens is 248 g/mol. The predicted molar refractivity (Wildman–Crippen MR) is 75.3 cm³/mol. The third-order valence-corrected chi connectivity index (χ3v) is 5.15. The summed E-state index contributed by atoms with van der Waals surface area (Å²) in [5.41, 5.74) is 4.23. The number of aryl methyl sites for hydroxylation is 2. The largest absolute Gasteiger partial charge is 0.146 e. The molecule has 2 aromatic rings. The molecule has 88 valence electrons. The Labute approximate surface area is 111 Å². The Morgan fingerprint density at radius 2 is 2.06 bits per heavy atom. The Balaban J connectivity index is 1.91. The van der Waals surface area contributed by atoms with Crippen LogP contribution in [0, 0.1) is 13.8 Å². The van der Waals surface area contributed by atoms with Gasteiger partial charge in [0.25, 0.3) is 0 Å². The van der Waals surface area contributed by atoms with Gasteiger partial charge in [0, 0.05) is 15.7 Å². The van der Waals surface area contributed by atoms with E-state index in [1.165, 1.54) is 26.4 Å². The van der Waals surface area contributed by atoms with Gasteiger partial charge in [0.05, 0.1) is 5.38 Å². The van der Waals surface area contributed by atoms with Crippen LogP contribution in [0.25, 0.3) is 0 Å². The van der Waals surface area contributed by atoms with Crippen LogP contribution in [-0.4, -0.2) is 0 Å². The summed E-state index contributed by atoms with van der Waals surface area (Å²) in [7, 11) is 0. The molecule has 1 heterocycles. The summed E-state index contributed by atoms with van der Waals surface area (Å²) in [5, 5.41) is 0.134. The molecule has 0 spiro atoms. The van der Waals surface area contributed by atoms with E-state index in [0.717, 1.165) is 6.42 Å². The molecule has 2 unspecified atom stereocenters. The van der Waals surface area contributed by atoms with Crippen molar-refractivity contribution < 1.29 is 0 Å². The molecular formula is C15H15ClS. The number of alkyl halides is 1. The van der Waals surface area contributed by atoms with Gasteiger partial charge in [-0.15, -0.1) is 22.9 Å². The second-order valence-corrected chi connectivity index (χ2v) is 6.71. The van der Waals surface area contributed by atoms with Crippen LogP contribution < -0.4 is 0 Å². The van der Waals surface area contributed by atoms with Crippen LogP contribution in [0.15, 0.2) is 30.3 Å². The Morgan fingerprint density at radius 3 is 2.71 bits per heavy atom. The smallest absolute Gasteiger partial charge is 0.0667 e. The first kappa shape index (κ1) is 11.3. The molecule has 2 heteroatoms. The first-order valence-electron chi connectivity index (χ1n) is 5.95. The van der Waals surface area contributed by atoms with Gasteiger partial charge in [-0.05, 0) is 43.0 Å². The summed E-state index contributed by atoms with van der Waals surface area (Å²) in [4.78, 5) is 2.72. The molecule has 1 aliphatic carbocycles. The fourth-order valence-electron chi connectivity index (χ4n) is 2.70. The first-order valence-corrected chi connectivity index (χ1v) is 7.21. The van der Waals surface area contributed by atoms with Gasteiger partial charge in [0.1, 0.15) is 0 Å². The summed E-state index contributed by atoms with van der Waals surface area (Å²) >= 11 is 8.51. The molecule has 0 fully saturated rings. The maximum absolute atomic E-state index is 6.66. The number of hydrogen-bond donors (Lipinski definition) is 0. The Morgan fingerprint density at radius 1 is 1.29 bits per heavy atom. The third kappa shape index (κ3) is 1.82. The molecule has 0 saturated carbocycles. The van der Waals surface area contributed by atoms with Gasteiger partial charge in [-0.2, -0.15) is 0 Å². The summed E-state index contributed by atoms with van der Waals surface area (Å²) in [6, 6.07) is 10.9. The van der Waals surface area contributed by atoms with E-state index < -0.39 is 0 Å². The SMILES string of the molecule is Cc1cc(C(Cl)C2Cc3ccccc32)c(C)s1. The summed E-state index contributed by atoms with van der Waals surface area (Å²) in [6.07, 6.45) is 1.12. The van der Waals surface area contributed by atoms with E-state index in [4.69, 9.17) is 11.6 Å². The minimum atomic E-state index is 0.134. The minimum Gasteiger partial charge on any atom is -0.146 e. The van der Waals surface area contributed by atoms with Crippen molar-refractivity contribution in [3.63, 3.8) is 0 Å². The lowest BCUT2D eigenvalue weighted by molar-refractivity contribution is 0.587. The highest BCUT2D eigenvalue weighted by Crippen LogP contribution is 2.48. The van der Waals surface area contributed by atoms with Crippen molar-refractivity contribution in [2.24, 2.45) is 0 Å². The average Bonchev–Trinajstić information content (AvgIpc) is 2.59. The van der Waals surface area contributed by atoms with Gasteiger partial charge in [0.15, 0.2) is 0 Å². The molecule has 3 rings (SSSR count). The molecule has 0 aliphatic heterocycles. The topological polar surface area (TPSA) is 0 Å². The van der Waals surface area contributed by atoms with E-state index >= 15 is 0 Å². The lowest BCUT2D eigenvalue weighted by atomic mass is 9.74. The summed E-state index contributed by atoms with van der Waals surface area (Å²) in [5.74, 6) is 0.501. The van der Waals surface area contributed by atoms with Gasteiger partial charge in [0.2, 0.25) is 0 Å². The third-order valence-electron chi connectivity index (χ3n) is 3.62. The summed E-state index contributed by atoms with van der Waals surface area (Å²) in [6.45, 7) is 4.33. The monoisotopic (exact) mass is 262 g/mol. The first-order chi connectivity index (χ1) is 8.16. The average molecular weight is 263 g/mol. The van der Waals surface area contributed by atoms with Crippen LogP contribution in [0.3, 0.4) is 0 Å². The fraction of sp³-hybridized carbons (Fsp3) is 0.333. The van der Waals surface area contributed by atoms with Gasteiger partial charge >= 0.3 is 0 Å². The molecule has 0 saturated heterocycles. The van der Waals surface area contributed by atoms with E-state index in [-0.39, 0.29) is 5.38 Å². The maximum atomic E-state index is 6.66. The van der Waals surface area contributed by atoms with E-state index in [1.54, 1.807) is 0 Å². The van der Waals surface area contributed by atoms with Crippen LogP contribution in [0.1, 0.15) is 37.7 Å². The van der Waals surface area contributed by atoms with Gasteiger partial charge < -0.3 is 0 Å². The molecule has 0 nitrogen and oxygen atoms in total. The lowest BCUT2D eigenvalue weighted by Gasteiger charge is -2.33. The number of benzene rings is 1. The highest BCUT2D eigenvalue weighted by Gasteiger charge is 2.33. The quantitative estimate of drug-likeness (QED) is 0.669. The number of fused-ring (bicyclic) bond motifs is 1. The zero-order valence-corrected chi connectivity index (χ0v) is 11.6. The second kappa shape index (κ2) is 4.15. The van der Waals surface area contributed by atoms with Crippen molar-refractivity contribution in [1.29, 1.82) is 0 Å². The van der Waals surface area contributed by atoms with Crippen molar-refractivity contribution in [2.75, 3.05) is 0 Å². The second-order valence-electron chi connectivity index (χ2n) is 4.78. The zero-order chi connectivity index (χ0) is 12.0. The fourth-order valence-corrected chi connectivity index (χ4v) is 4.19. The number of hydrogen-bond acceptors (Lipinski definition) is 1. The van der Waals surface area contributed by atoms with Crippen molar-refractivity contribution in [3.8, 4) is 0 Å². The Kier molecular flexibility index (Phi) is 2.76. The van der Waals surface area contributed by atoms with Crippen molar-refractivity contribution in [2.45, 2.75) is 31.6 Å². The van der Waals surface area contributed by atoms with Gasteiger partial charge in [-0.1, -0.05) is 24.3 Å². The minimum absolute atomic E-state index is 0.134. The number of thiophene rings is 1. The van der Waals surface area contributed by atoms with Crippen LogP contribution in [0.5, 0.6) is 0 Å². The van der Waals surface area contributed by atoms with Gasteiger partial charge in [-0.25, -0.2) is 0 Å². The van der Waals surface area contributed by atoms with Gasteiger partial charge in [-0.3, -0.25) is 0 Å². The normalized spacial score (nSPS) is 19.6. The Hall–Kier alpha value is -0.790. The van der Waals surface area contributed by atoms with Crippen molar-refractivity contribution >= 4 is 22.9 Å². The lowest BCUT2D eigenvalue weighted by Crippen LogP contribution is -2.21. The van der Waals surface area contributed by atoms with Crippen LogP contribution in [-0.2, 0) is 6.42 Å². The molecule has 0 N–H and O–H groups in total. The maximum Gasteiger partial charge on any atom is 0.0667 e. The molecule has 0 amide bonds. The summed E-state index contributed by atoms with van der Waals surface area (Å²) < 4.78 is 0.